The van der Waals surface area contributed by atoms with E-state index in [0.717, 1.165) is 36.9 Å². The Labute approximate surface area is 143 Å². The Hall–Kier alpha value is -0.490. The highest BCUT2D eigenvalue weighted by Gasteiger charge is 2.39. The minimum Gasteiger partial charge on any atom is -0.357 e. The second kappa shape index (κ2) is 8.72. The van der Waals surface area contributed by atoms with Crippen LogP contribution in [-0.2, 0) is 0 Å². The zero-order chi connectivity index (χ0) is 13.7. The first-order valence-corrected chi connectivity index (χ1v) is 7.42. The van der Waals surface area contributed by atoms with E-state index in [1.54, 1.807) is 0 Å². The molecule has 2 atom stereocenters. The van der Waals surface area contributed by atoms with Gasteiger partial charge in [0.2, 0.25) is 0 Å². The summed E-state index contributed by atoms with van der Waals surface area (Å²) in [5.41, 5.74) is 1.32. The van der Waals surface area contributed by atoms with Crippen LogP contribution in [0.5, 0.6) is 0 Å². The first-order chi connectivity index (χ1) is 9.24. The molecule has 1 aromatic carbocycles. The Morgan fingerprint density at radius 2 is 2.20 bits per heavy atom. The normalized spacial score (nSPS) is 21.1. The number of aliphatic imine (C=N–C) groups is 1. The second-order valence-corrected chi connectivity index (χ2v) is 5.35. The van der Waals surface area contributed by atoms with Crippen molar-refractivity contribution in [2.24, 2.45) is 4.99 Å². The average molecular weight is 408 g/mol. The molecule has 0 amide bonds. The monoisotopic (exact) mass is 407 g/mol. The van der Waals surface area contributed by atoms with Crippen molar-refractivity contribution < 1.29 is 0 Å². The van der Waals surface area contributed by atoms with Crippen LogP contribution in [0.15, 0.2) is 29.3 Å². The fraction of sp³-hybridized carbons (Fsp3) is 0.533. The van der Waals surface area contributed by atoms with Crippen molar-refractivity contribution in [3.63, 3.8) is 0 Å². The number of hydrogen-bond acceptors (Lipinski definition) is 1. The smallest absolute Gasteiger partial charge is 0.191 e. The van der Waals surface area contributed by atoms with Crippen LogP contribution in [0.4, 0.5) is 0 Å². The predicted molar refractivity (Wildman–Crippen MR) is 97.4 cm³/mol. The summed E-state index contributed by atoms with van der Waals surface area (Å²) in [5, 5.41) is 7.59. The number of hydrogen-bond donors (Lipinski definition) is 2. The molecule has 1 aliphatic carbocycles. The highest BCUT2D eigenvalue weighted by Crippen LogP contribution is 2.41. The lowest BCUT2D eigenvalue weighted by Gasteiger charge is -2.11. The Morgan fingerprint density at radius 3 is 2.85 bits per heavy atom. The number of benzene rings is 1. The van der Waals surface area contributed by atoms with Gasteiger partial charge in [-0.15, -0.1) is 24.0 Å². The molecule has 112 valence electrons. The van der Waals surface area contributed by atoms with Gasteiger partial charge in [-0.3, -0.25) is 4.99 Å². The van der Waals surface area contributed by atoms with Gasteiger partial charge in [0.1, 0.15) is 0 Å². The fourth-order valence-electron chi connectivity index (χ4n) is 2.18. The maximum Gasteiger partial charge on any atom is 0.191 e. The van der Waals surface area contributed by atoms with Gasteiger partial charge in [0.05, 0.1) is 0 Å². The van der Waals surface area contributed by atoms with Crippen molar-refractivity contribution in [2.45, 2.75) is 38.6 Å². The van der Waals surface area contributed by atoms with Crippen LogP contribution in [0, 0.1) is 0 Å². The van der Waals surface area contributed by atoms with Gasteiger partial charge in [-0.25, -0.2) is 0 Å². The third-order valence-electron chi connectivity index (χ3n) is 3.23. The highest BCUT2D eigenvalue weighted by atomic mass is 127. The molecule has 2 unspecified atom stereocenters. The van der Waals surface area contributed by atoms with E-state index in [1.807, 2.05) is 12.1 Å². The lowest BCUT2D eigenvalue weighted by Crippen LogP contribution is -2.39. The first-order valence-electron chi connectivity index (χ1n) is 7.05. The van der Waals surface area contributed by atoms with Crippen molar-refractivity contribution in [1.29, 1.82) is 0 Å². The third-order valence-corrected chi connectivity index (χ3v) is 3.46. The molecule has 2 rings (SSSR count). The van der Waals surface area contributed by atoms with Crippen LogP contribution in [0.2, 0.25) is 5.02 Å². The van der Waals surface area contributed by atoms with Crippen LogP contribution in [0.25, 0.3) is 0 Å². The molecule has 0 bridgehead atoms. The molecular weight excluding hydrogens is 385 g/mol. The molecule has 5 heteroatoms. The van der Waals surface area contributed by atoms with E-state index in [2.05, 4.69) is 41.6 Å². The number of nitrogens with zero attached hydrogens (tertiary/aromatic N) is 1. The number of halogens is 2. The topological polar surface area (TPSA) is 36.4 Å². The largest absolute Gasteiger partial charge is 0.357 e. The van der Waals surface area contributed by atoms with Gasteiger partial charge < -0.3 is 10.6 Å². The summed E-state index contributed by atoms with van der Waals surface area (Å²) >= 11 is 6.03. The average Bonchev–Trinajstić information content (AvgIpc) is 3.15. The molecule has 2 N–H and O–H groups in total. The highest BCUT2D eigenvalue weighted by molar-refractivity contribution is 14.0. The summed E-state index contributed by atoms with van der Waals surface area (Å²) < 4.78 is 0. The van der Waals surface area contributed by atoms with E-state index in [4.69, 9.17) is 11.6 Å². The number of rotatable bonds is 5. The van der Waals surface area contributed by atoms with Gasteiger partial charge in [-0.05, 0) is 37.5 Å². The van der Waals surface area contributed by atoms with Crippen molar-refractivity contribution in [3.05, 3.63) is 34.9 Å². The zero-order valence-corrected chi connectivity index (χ0v) is 15.1. The van der Waals surface area contributed by atoms with Crippen molar-refractivity contribution in [2.75, 3.05) is 13.1 Å². The van der Waals surface area contributed by atoms with Crippen molar-refractivity contribution in [3.8, 4) is 0 Å². The molecule has 1 aromatic rings. The molecule has 0 saturated heterocycles. The SMILES string of the molecule is CCCN=C(NCC)NC1CC1c1cccc(Cl)c1.I. The van der Waals surface area contributed by atoms with Gasteiger partial charge in [0.15, 0.2) is 5.96 Å². The predicted octanol–water partition coefficient (Wildman–Crippen LogP) is 3.78. The van der Waals surface area contributed by atoms with E-state index in [1.165, 1.54) is 5.56 Å². The molecule has 1 saturated carbocycles. The van der Waals surface area contributed by atoms with Crippen LogP contribution >= 0.6 is 35.6 Å². The van der Waals surface area contributed by atoms with Crippen LogP contribution < -0.4 is 10.6 Å². The fourth-order valence-corrected chi connectivity index (χ4v) is 2.38. The number of nitrogens with one attached hydrogen (secondary N) is 2. The zero-order valence-electron chi connectivity index (χ0n) is 12.0. The maximum absolute atomic E-state index is 6.03. The van der Waals surface area contributed by atoms with Crippen molar-refractivity contribution in [1.82, 2.24) is 10.6 Å². The quantitative estimate of drug-likeness (QED) is 0.443. The van der Waals surface area contributed by atoms with E-state index < -0.39 is 0 Å². The molecule has 0 spiro atoms. The molecule has 20 heavy (non-hydrogen) atoms. The molecule has 0 radical (unpaired) electrons. The summed E-state index contributed by atoms with van der Waals surface area (Å²) in [6.07, 6.45) is 2.22. The number of guanidine groups is 1. The lowest BCUT2D eigenvalue weighted by molar-refractivity contribution is 0.789. The molecule has 0 aliphatic heterocycles. The molecular formula is C15H23ClIN3. The summed E-state index contributed by atoms with van der Waals surface area (Å²) in [4.78, 5) is 4.53. The summed E-state index contributed by atoms with van der Waals surface area (Å²) in [6, 6.07) is 8.62. The Kier molecular flexibility index (Phi) is 7.66. The third kappa shape index (κ3) is 5.13. The van der Waals surface area contributed by atoms with Gasteiger partial charge in [0.25, 0.3) is 0 Å². The first kappa shape index (κ1) is 17.6. The minimum absolute atomic E-state index is 0. The van der Waals surface area contributed by atoms with Gasteiger partial charge in [0, 0.05) is 30.1 Å². The summed E-state index contributed by atoms with van der Waals surface area (Å²) in [5.74, 6) is 1.49. The van der Waals surface area contributed by atoms with E-state index in [9.17, 15) is 0 Å². The standard InChI is InChI=1S/C15H22ClN3.HI/c1-3-8-18-15(17-4-2)19-14-10-13(14)11-6-5-7-12(16)9-11;/h5-7,9,13-14H,3-4,8,10H2,1-2H3,(H2,17,18,19);1H. The van der Waals surface area contributed by atoms with Gasteiger partial charge >= 0.3 is 0 Å². The van der Waals surface area contributed by atoms with Gasteiger partial charge in [-0.1, -0.05) is 30.7 Å². The van der Waals surface area contributed by atoms with Gasteiger partial charge in [-0.2, -0.15) is 0 Å². The molecule has 1 fully saturated rings. The second-order valence-electron chi connectivity index (χ2n) is 4.91. The minimum atomic E-state index is 0. The van der Waals surface area contributed by atoms with E-state index in [0.29, 0.717) is 12.0 Å². The van der Waals surface area contributed by atoms with Crippen LogP contribution in [-0.4, -0.2) is 25.1 Å². The molecule has 3 nitrogen and oxygen atoms in total. The van der Waals surface area contributed by atoms with Crippen molar-refractivity contribution >= 4 is 41.5 Å². The van der Waals surface area contributed by atoms with E-state index in [-0.39, 0.29) is 24.0 Å². The molecule has 0 aromatic heterocycles. The Balaban J connectivity index is 0.00000200. The summed E-state index contributed by atoms with van der Waals surface area (Å²) in [7, 11) is 0. The Bertz CT molecular complexity index is 450. The molecule has 1 aliphatic rings. The van der Waals surface area contributed by atoms with Crippen LogP contribution in [0.3, 0.4) is 0 Å². The Morgan fingerprint density at radius 1 is 1.40 bits per heavy atom. The lowest BCUT2D eigenvalue weighted by atomic mass is 10.1. The van der Waals surface area contributed by atoms with E-state index >= 15 is 0 Å². The maximum atomic E-state index is 6.03. The molecule has 0 heterocycles. The summed E-state index contributed by atoms with van der Waals surface area (Å²) in [6.45, 7) is 5.98. The van der Waals surface area contributed by atoms with Crippen LogP contribution in [0.1, 0.15) is 38.2 Å².